The molecule has 0 aliphatic carbocycles. The maximum atomic E-state index is 6.60. The van der Waals surface area contributed by atoms with Crippen molar-refractivity contribution in [2.45, 2.75) is 0 Å². The molecule has 0 N–H and O–H groups in total. The van der Waals surface area contributed by atoms with Crippen LogP contribution in [-0.4, -0.2) is 4.57 Å². The van der Waals surface area contributed by atoms with Gasteiger partial charge >= 0.3 is 0 Å². The number of nitrogens with zero attached hydrogens (tertiary/aromatic N) is 2. The number of benzene rings is 9. The molecular formula is C50H32N2O. The van der Waals surface area contributed by atoms with Gasteiger partial charge in [-0.15, -0.1) is 0 Å². The van der Waals surface area contributed by atoms with Gasteiger partial charge in [-0.1, -0.05) is 140 Å². The minimum absolute atomic E-state index is 0.872. The van der Waals surface area contributed by atoms with E-state index < -0.39 is 0 Å². The van der Waals surface area contributed by atoms with Gasteiger partial charge in [0.2, 0.25) is 0 Å². The average molecular weight is 677 g/mol. The molecule has 53 heavy (non-hydrogen) atoms. The molecule has 0 saturated heterocycles. The molecule has 0 radical (unpaired) electrons. The first kappa shape index (κ1) is 29.6. The van der Waals surface area contributed by atoms with Crippen molar-refractivity contribution in [3.8, 4) is 16.8 Å². The second-order valence-corrected chi connectivity index (χ2v) is 13.7. The van der Waals surface area contributed by atoms with Crippen LogP contribution in [0.3, 0.4) is 0 Å². The van der Waals surface area contributed by atoms with Gasteiger partial charge < -0.3 is 13.9 Å². The molecule has 0 fully saturated rings. The molecule has 9 aromatic carbocycles. The minimum Gasteiger partial charge on any atom is -0.456 e. The number of hydrogen-bond acceptors (Lipinski definition) is 2. The molecule has 3 nitrogen and oxygen atoms in total. The zero-order valence-corrected chi connectivity index (χ0v) is 28.8. The largest absolute Gasteiger partial charge is 0.456 e. The molecule has 0 unspecified atom stereocenters. The van der Waals surface area contributed by atoms with E-state index in [0.29, 0.717) is 0 Å². The maximum absolute atomic E-state index is 6.60. The third kappa shape index (κ3) is 4.61. The van der Waals surface area contributed by atoms with E-state index in [4.69, 9.17) is 4.42 Å². The lowest BCUT2D eigenvalue weighted by molar-refractivity contribution is 0.669. The predicted molar refractivity (Wildman–Crippen MR) is 223 cm³/mol. The van der Waals surface area contributed by atoms with Crippen LogP contribution < -0.4 is 4.90 Å². The Morgan fingerprint density at radius 2 is 1.04 bits per heavy atom. The van der Waals surface area contributed by atoms with Gasteiger partial charge in [-0.25, -0.2) is 0 Å². The van der Waals surface area contributed by atoms with Gasteiger partial charge in [-0.05, 0) is 81.9 Å². The normalized spacial score (nSPS) is 11.8. The standard InChI is InChI=1S/C50H32N2O/c1-2-16-36(17-3-1)52-45-23-10-8-20-42(45)43-30-29-38(32-46(43)52)51(37-27-25-34(26-28-37)40-22-12-15-33-13-4-6-18-39(33)40)50-41-19-7-5-14-35(41)31-48-49(50)44-21-9-11-24-47(44)53-48/h1-32H. The summed E-state index contributed by atoms with van der Waals surface area (Å²) in [5, 5.41) is 9.43. The highest BCUT2D eigenvalue weighted by molar-refractivity contribution is 6.22. The molecule has 2 aromatic heterocycles. The third-order valence-corrected chi connectivity index (χ3v) is 10.7. The van der Waals surface area contributed by atoms with Crippen molar-refractivity contribution >= 4 is 82.4 Å². The molecule has 248 valence electrons. The van der Waals surface area contributed by atoms with Crippen LogP contribution in [0.2, 0.25) is 0 Å². The molecule has 2 heterocycles. The number of rotatable bonds is 5. The molecule has 0 saturated carbocycles. The fourth-order valence-electron chi connectivity index (χ4n) is 8.38. The van der Waals surface area contributed by atoms with Crippen LogP contribution in [0.4, 0.5) is 17.1 Å². The predicted octanol–water partition coefficient (Wildman–Crippen LogP) is 14.1. The van der Waals surface area contributed by atoms with Gasteiger partial charge in [0.05, 0.1) is 22.1 Å². The van der Waals surface area contributed by atoms with Crippen molar-refractivity contribution in [3.05, 3.63) is 194 Å². The van der Waals surface area contributed by atoms with E-state index >= 15 is 0 Å². The van der Waals surface area contributed by atoms with Gasteiger partial charge in [-0.3, -0.25) is 0 Å². The lowest BCUT2D eigenvalue weighted by atomic mass is 9.97. The van der Waals surface area contributed by atoms with Crippen molar-refractivity contribution in [2.75, 3.05) is 4.90 Å². The van der Waals surface area contributed by atoms with E-state index in [1.165, 1.54) is 38.2 Å². The summed E-state index contributed by atoms with van der Waals surface area (Å²) < 4.78 is 8.99. The quantitative estimate of drug-likeness (QED) is 0.181. The summed E-state index contributed by atoms with van der Waals surface area (Å²) in [7, 11) is 0. The lowest BCUT2D eigenvalue weighted by Gasteiger charge is -2.28. The van der Waals surface area contributed by atoms with Gasteiger partial charge in [-0.2, -0.15) is 0 Å². The molecular weight excluding hydrogens is 645 g/mol. The summed E-state index contributed by atoms with van der Waals surface area (Å²) in [5.74, 6) is 0. The van der Waals surface area contributed by atoms with Crippen LogP contribution in [-0.2, 0) is 0 Å². The topological polar surface area (TPSA) is 21.3 Å². The number of furan rings is 1. The first-order chi connectivity index (χ1) is 26.3. The summed E-state index contributed by atoms with van der Waals surface area (Å²) in [4.78, 5) is 2.44. The minimum atomic E-state index is 0.872. The van der Waals surface area contributed by atoms with Crippen molar-refractivity contribution in [1.82, 2.24) is 4.57 Å². The van der Waals surface area contributed by atoms with Crippen molar-refractivity contribution in [1.29, 1.82) is 0 Å². The summed E-state index contributed by atoms with van der Waals surface area (Å²) in [6.45, 7) is 0. The SMILES string of the molecule is c1ccc(-n2c3ccccc3c3ccc(N(c4ccc(-c5cccc6ccccc56)cc4)c4c5ccccc5cc5oc6ccccc6c45)cc32)cc1. The highest BCUT2D eigenvalue weighted by Gasteiger charge is 2.24. The summed E-state index contributed by atoms with van der Waals surface area (Å²) in [6, 6.07) is 69.8. The molecule has 0 atom stereocenters. The van der Waals surface area contributed by atoms with Gasteiger partial charge in [0.1, 0.15) is 11.2 Å². The monoisotopic (exact) mass is 676 g/mol. The van der Waals surface area contributed by atoms with Crippen molar-refractivity contribution < 1.29 is 4.42 Å². The molecule has 3 heteroatoms. The van der Waals surface area contributed by atoms with E-state index in [1.54, 1.807) is 0 Å². The Balaban J connectivity index is 1.22. The van der Waals surface area contributed by atoms with Gasteiger partial charge in [0, 0.05) is 38.6 Å². The van der Waals surface area contributed by atoms with Crippen LogP contribution in [0.5, 0.6) is 0 Å². The number of aromatic nitrogens is 1. The van der Waals surface area contributed by atoms with E-state index in [9.17, 15) is 0 Å². The summed E-state index contributed by atoms with van der Waals surface area (Å²) in [6.07, 6.45) is 0. The molecule has 0 aliphatic heterocycles. The second-order valence-electron chi connectivity index (χ2n) is 13.7. The lowest BCUT2D eigenvalue weighted by Crippen LogP contribution is -2.11. The van der Waals surface area contributed by atoms with E-state index in [-0.39, 0.29) is 0 Å². The Morgan fingerprint density at radius 3 is 1.89 bits per heavy atom. The second kappa shape index (κ2) is 11.7. The molecule has 0 amide bonds. The zero-order valence-electron chi connectivity index (χ0n) is 28.8. The van der Waals surface area contributed by atoms with E-state index in [1.807, 2.05) is 6.07 Å². The third-order valence-electron chi connectivity index (χ3n) is 10.7. The molecule has 11 aromatic rings. The average Bonchev–Trinajstić information content (AvgIpc) is 3.76. The van der Waals surface area contributed by atoms with Crippen LogP contribution >= 0.6 is 0 Å². The van der Waals surface area contributed by atoms with Crippen molar-refractivity contribution in [2.24, 2.45) is 0 Å². The fraction of sp³-hybridized carbons (Fsp3) is 0. The Morgan fingerprint density at radius 1 is 0.396 bits per heavy atom. The molecule has 0 bridgehead atoms. The fourth-order valence-corrected chi connectivity index (χ4v) is 8.38. The summed E-state index contributed by atoms with van der Waals surface area (Å²) >= 11 is 0. The number of hydrogen-bond donors (Lipinski definition) is 0. The first-order valence-electron chi connectivity index (χ1n) is 18.1. The molecule has 0 spiro atoms. The Kier molecular flexibility index (Phi) is 6.55. The van der Waals surface area contributed by atoms with Crippen LogP contribution in [0.25, 0.3) is 82.1 Å². The van der Waals surface area contributed by atoms with Gasteiger partial charge in [0.25, 0.3) is 0 Å². The van der Waals surface area contributed by atoms with E-state index in [2.05, 4.69) is 198 Å². The Hall–Kier alpha value is -7.10. The Bertz CT molecular complexity index is 3160. The highest BCUT2D eigenvalue weighted by atomic mass is 16.3. The van der Waals surface area contributed by atoms with Gasteiger partial charge in [0.15, 0.2) is 0 Å². The molecule has 11 rings (SSSR count). The number of anilines is 3. The van der Waals surface area contributed by atoms with Crippen LogP contribution in [0, 0.1) is 0 Å². The van der Waals surface area contributed by atoms with Crippen LogP contribution in [0.15, 0.2) is 199 Å². The summed E-state index contributed by atoms with van der Waals surface area (Å²) in [5.41, 5.74) is 10.9. The zero-order chi connectivity index (χ0) is 34.9. The van der Waals surface area contributed by atoms with Crippen molar-refractivity contribution in [3.63, 3.8) is 0 Å². The molecule has 0 aliphatic rings. The van der Waals surface area contributed by atoms with E-state index in [0.717, 1.165) is 61.0 Å². The highest BCUT2D eigenvalue weighted by Crippen LogP contribution is 2.48. The van der Waals surface area contributed by atoms with Crippen LogP contribution in [0.1, 0.15) is 0 Å². The number of fused-ring (bicyclic) bond motifs is 8. The smallest absolute Gasteiger partial charge is 0.138 e. The first-order valence-corrected chi connectivity index (χ1v) is 18.1. The number of para-hydroxylation sites is 3. The Labute approximate surface area is 306 Å². The maximum Gasteiger partial charge on any atom is 0.138 e.